The lowest BCUT2D eigenvalue weighted by atomic mass is 10.2. The van der Waals surface area contributed by atoms with Gasteiger partial charge in [0.2, 0.25) is 21.5 Å². The number of aromatic nitrogens is 1. The van der Waals surface area contributed by atoms with Crippen LogP contribution in [0.5, 0.6) is 0 Å². The Morgan fingerprint density at radius 1 is 1.19 bits per heavy atom. The Morgan fingerprint density at radius 3 is 2.62 bits per heavy atom. The zero-order valence-electron chi connectivity index (χ0n) is 14.9. The molecule has 1 heterocycles. The molecule has 0 bridgehead atoms. The first kappa shape index (κ1) is 19.7. The molecule has 1 amide bonds. The van der Waals surface area contributed by atoms with Crippen molar-refractivity contribution in [1.29, 1.82) is 0 Å². The van der Waals surface area contributed by atoms with Crippen LogP contribution in [0.2, 0.25) is 0 Å². The number of hydrogen-bond acceptors (Lipinski definition) is 4. The summed E-state index contributed by atoms with van der Waals surface area (Å²) in [5.41, 5.74) is 1.27. The Hall–Kier alpha value is -2.61. The second kappa shape index (κ2) is 8.66. The van der Waals surface area contributed by atoms with Crippen molar-refractivity contribution in [2.45, 2.75) is 19.9 Å². The smallest absolute Gasteiger partial charge is 0.250 e. The Labute approximate surface area is 153 Å². The molecule has 8 heteroatoms. The van der Waals surface area contributed by atoms with Gasteiger partial charge in [-0.05, 0) is 37.1 Å². The van der Waals surface area contributed by atoms with Gasteiger partial charge in [-0.2, -0.15) is 0 Å². The summed E-state index contributed by atoms with van der Waals surface area (Å²) in [6.07, 6.45) is 3.33. The number of sulfonamides is 1. The third kappa shape index (κ3) is 5.73. The minimum atomic E-state index is -3.58. The van der Waals surface area contributed by atoms with E-state index in [2.05, 4.69) is 5.32 Å². The Kier molecular flexibility index (Phi) is 6.57. The summed E-state index contributed by atoms with van der Waals surface area (Å²) in [5, 5.41) is 2.70. The van der Waals surface area contributed by atoms with Crippen molar-refractivity contribution in [2.75, 3.05) is 23.7 Å². The fourth-order valence-electron chi connectivity index (χ4n) is 2.49. The summed E-state index contributed by atoms with van der Waals surface area (Å²) in [4.78, 5) is 23.7. The maximum Gasteiger partial charge on any atom is 0.250 e. The molecule has 0 spiro atoms. The number of aryl methyl sites for hydroxylation is 2. The molecule has 2 aromatic rings. The monoisotopic (exact) mass is 377 g/mol. The fourth-order valence-corrected chi connectivity index (χ4v) is 3.34. The van der Waals surface area contributed by atoms with Gasteiger partial charge in [-0.3, -0.25) is 13.9 Å². The van der Waals surface area contributed by atoms with Gasteiger partial charge < -0.3 is 9.88 Å². The minimum Gasteiger partial charge on any atom is -0.354 e. The molecular formula is C18H23N3O4S. The lowest BCUT2D eigenvalue weighted by Gasteiger charge is -2.22. The van der Waals surface area contributed by atoms with Gasteiger partial charge in [0.05, 0.1) is 11.9 Å². The van der Waals surface area contributed by atoms with Crippen molar-refractivity contribution in [3.63, 3.8) is 0 Å². The number of carbonyl (C=O) groups is 1. The van der Waals surface area contributed by atoms with E-state index < -0.39 is 15.9 Å². The highest BCUT2D eigenvalue weighted by Gasteiger charge is 2.20. The first-order valence-electron chi connectivity index (χ1n) is 8.24. The zero-order valence-corrected chi connectivity index (χ0v) is 15.7. The second-order valence-electron chi connectivity index (χ2n) is 6.04. The van der Waals surface area contributed by atoms with E-state index in [0.717, 1.165) is 16.1 Å². The molecule has 0 fully saturated rings. The highest BCUT2D eigenvalue weighted by Crippen LogP contribution is 2.18. The Bertz CT molecular complexity index is 922. The normalized spacial score (nSPS) is 11.2. The summed E-state index contributed by atoms with van der Waals surface area (Å²) in [6, 6.07) is 11.9. The van der Waals surface area contributed by atoms with Crippen LogP contribution in [0.1, 0.15) is 12.0 Å². The van der Waals surface area contributed by atoms with Crippen molar-refractivity contribution in [2.24, 2.45) is 0 Å². The molecule has 0 aliphatic heterocycles. The van der Waals surface area contributed by atoms with Gasteiger partial charge in [0.1, 0.15) is 6.54 Å². The quantitative estimate of drug-likeness (QED) is 0.699. The molecule has 0 unspecified atom stereocenters. The fraction of sp³-hybridized carbons (Fsp3) is 0.333. The van der Waals surface area contributed by atoms with Crippen LogP contribution < -0.4 is 15.2 Å². The maximum absolute atomic E-state index is 12.2. The number of nitrogens with one attached hydrogen (secondary N) is 1. The second-order valence-corrected chi connectivity index (χ2v) is 7.95. The van der Waals surface area contributed by atoms with Gasteiger partial charge in [-0.25, -0.2) is 8.42 Å². The summed E-state index contributed by atoms with van der Waals surface area (Å²) >= 11 is 0. The molecule has 0 atom stereocenters. The Balaban J connectivity index is 1.92. The number of hydrogen-bond donors (Lipinski definition) is 1. The molecule has 26 heavy (non-hydrogen) atoms. The molecule has 1 aromatic heterocycles. The van der Waals surface area contributed by atoms with Crippen LogP contribution in [0.15, 0.2) is 53.5 Å². The van der Waals surface area contributed by atoms with Crippen molar-refractivity contribution >= 4 is 21.6 Å². The molecule has 0 saturated heterocycles. The van der Waals surface area contributed by atoms with Crippen molar-refractivity contribution in [3.8, 4) is 0 Å². The number of pyridine rings is 1. The van der Waals surface area contributed by atoms with Gasteiger partial charge in [0.25, 0.3) is 0 Å². The molecular weight excluding hydrogens is 354 g/mol. The third-order valence-electron chi connectivity index (χ3n) is 3.77. The summed E-state index contributed by atoms with van der Waals surface area (Å²) in [7, 11) is -3.58. The highest BCUT2D eigenvalue weighted by atomic mass is 32.2. The number of nitrogens with zero attached hydrogens (tertiary/aromatic N) is 2. The van der Waals surface area contributed by atoms with Crippen molar-refractivity contribution in [1.82, 2.24) is 9.88 Å². The van der Waals surface area contributed by atoms with E-state index in [0.29, 0.717) is 25.2 Å². The van der Waals surface area contributed by atoms with E-state index in [9.17, 15) is 18.0 Å². The van der Waals surface area contributed by atoms with Crippen molar-refractivity contribution < 1.29 is 13.2 Å². The molecule has 1 aromatic carbocycles. The molecule has 7 nitrogen and oxygen atoms in total. The number of anilines is 1. The van der Waals surface area contributed by atoms with Crippen LogP contribution in [0.4, 0.5) is 5.69 Å². The lowest BCUT2D eigenvalue weighted by Crippen LogP contribution is -2.40. The molecule has 0 aliphatic rings. The van der Waals surface area contributed by atoms with Crippen LogP contribution in [-0.2, 0) is 21.4 Å². The van der Waals surface area contributed by atoms with Gasteiger partial charge in [-0.1, -0.05) is 18.2 Å². The van der Waals surface area contributed by atoms with Crippen LogP contribution in [0.3, 0.4) is 0 Å². The molecule has 0 saturated carbocycles. The van der Waals surface area contributed by atoms with Gasteiger partial charge in [0.15, 0.2) is 0 Å². The molecule has 2 rings (SSSR count). The van der Waals surface area contributed by atoms with E-state index in [4.69, 9.17) is 0 Å². The first-order valence-corrected chi connectivity index (χ1v) is 10.1. The van der Waals surface area contributed by atoms with E-state index in [1.165, 1.54) is 6.07 Å². The summed E-state index contributed by atoms with van der Waals surface area (Å²) in [6.45, 7) is 2.41. The van der Waals surface area contributed by atoms with Crippen LogP contribution in [-0.4, -0.2) is 38.2 Å². The number of amides is 1. The van der Waals surface area contributed by atoms with E-state index in [-0.39, 0.29) is 12.1 Å². The zero-order chi connectivity index (χ0) is 19.2. The van der Waals surface area contributed by atoms with Crippen LogP contribution >= 0.6 is 0 Å². The average molecular weight is 377 g/mol. The largest absolute Gasteiger partial charge is 0.354 e. The predicted octanol–water partition coefficient (Wildman–Crippen LogP) is 1.13. The lowest BCUT2D eigenvalue weighted by molar-refractivity contribution is -0.119. The predicted molar refractivity (Wildman–Crippen MR) is 102 cm³/mol. The molecule has 140 valence electrons. The number of carbonyl (C=O) groups excluding carboxylic acids is 1. The average Bonchev–Trinajstić information content (AvgIpc) is 2.57. The van der Waals surface area contributed by atoms with Gasteiger partial charge in [-0.15, -0.1) is 0 Å². The summed E-state index contributed by atoms with van der Waals surface area (Å²) in [5.74, 6) is -0.391. The molecule has 0 aliphatic carbocycles. The van der Waals surface area contributed by atoms with E-state index in [1.54, 1.807) is 41.1 Å². The topological polar surface area (TPSA) is 88.5 Å². The van der Waals surface area contributed by atoms with Crippen LogP contribution in [0.25, 0.3) is 0 Å². The standard InChI is InChI=1S/C18H23N3O4S/c1-15-7-5-8-16(13-15)21(26(2,24)25)14-17(22)19-10-6-12-20-11-4-3-9-18(20)23/h3-5,7-9,11,13H,6,10,12,14H2,1-2H3,(H,19,22). The highest BCUT2D eigenvalue weighted by molar-refractivity contribution is 7.92. The Morgan fingerprint density at radius 2 is 1.96 bits per heavy atom. The number of rotatable bonds is 8. The van der Waals surface area contributed by atoms with Crippen molar-refractivity contribution in [3.05, 3.63) is 64.6 Å². The number of benzene rings is 1. The maximum atomic E-state index is 12.2. The first-order chi connectivity index (χ1) is 12.3. The van der Waals surface area contributed by atoms with Gasteiger partial charge in [0, 0.05) is 25.4 Å². The molecule has 0 radical (unpaired) electrons. The van der Waals surface area contributed by atoms with E-state index >= 15 is 0 Å². The van der Waals surface area contributed by atoms with E-state index in [1.807, 2.05) is 13.0 Å². The SMILES string of the molecule is Cc1cccc(N(CC(=O)NCCCn2ccccc2=O)S(C)(=O)=O)c1. The van der Waals surface area contributed by atoms with Gasteiger partial charge >= 0.3 is 0 Å². The summed E-state index contributed by atoms with van der Waals surface area (Å²) < 4.78 is 26.7. The van der Waals surface area contributed by atoms with Crippen LogP contribution in [0, 0.1) is 6.92 Å². The minimum absolute atomic E-state index is 0.0958. The third-order valence-corrected chi connectivity index (χ3v) is 4.91. The molecule has 1 N–H and O–H groups in total.